The van der Waals surface area contributed by atoms with Crippen LogP contribution in [0.1, 0.15) is 48.1 Å². The van der Waals surface area contributed by atoms with Gasteiger partial charge in [0.25, 0.3) is 0 Å². The summed E-state index contributed by atoms with van der Waals surface area (Å²) < 4.78 is 5.60. The number of amides is 1. The third-order valence-corrected chi connectivity index (χ3v) is 6.96. The molecular formula is C28H24N2O3. The molecule has 3 aliphatic rings. The fraction of sp³-hybridized carbons (Fsp3) is 0.214. The molecule has 0 fully saturated rings. The van der Waals surface area contributed by atoms with Crippen LogP contribution in [0.5, 0.6) is 0 Å². The SMILES string of the molecule is CCOC(=O)C1=C(c2ccccc2)N2c3ccccc3[C@@H]3c4ccccc4[C@H]1N(C(C)=O)[C@@H]32. The summed E-state index contributed by atoms with van der Waals surface area (Å²) in [6, 6.07) is 25.9. The van der Waals surface area contributed by atoms with E-state index in [1.165, 1.54) is 0 Å². The maximum atomic E-state index is 13.6. The van der Waals surface area contributed by atoms with Gasteiger partial charge in [0.2, 0.25) is 5.91 Å². The molecule has 164 valence electrons. The maximum absolute atomic E-state index is 13.6. The molecule has 0 N–H and O–H groups in total. The second kappa shape index (κ2) is 7.34. The Morgan fingerprint density at radius 1 is 0.848 bits per heavy atom. The number of hydrogen-bond acceptors (Lipinski definition) is 4. The minimum absolute atomic E-state index is 0.00000722. The van der Waals surface area contributed by atoms with Gasteiger partial charge in [-0.25, -0.2) is 4.79 Å². The molecule has 3 atom stereocenters. The number of fused-ring (bicyclic) bond motifs is 7. The van der Waals surface area contributed by atoms with E-state index in [-0.39, 0.29) is 30.6 Å². The van der Waals surface area contributed by atoms with Crippen molar-refractivity contribution in [1.29, 1.82) is 0 Å². The molecule has 0 spiro atoms. The summed E-state index contributed by atoms with van der Waals surface area (Å²) in [5.74, 6) is -0.445. The van der Waals surface area contributed by atoms with Crippen molar-refractivity contribution in [2.45, 2.75) is 32.0 Å². The zero-order chi connectivity index (χ0) is 22.7. The molecule has 5 nitrogen and oxygen atoms in total. The van der Waals surface area contributed by atoms with Gasteiger partial charge in [0.1, 0.15) is 6.17 Å². The van der Waals surface area contributed by atoms with Crippen molar-refractivity contribution in [3.63, 3.8) is 0 Å². The molecule has 5 heteroatoms. The van der Waals surface area contributed by atoms with Crippen LogP contribution in [0.15, 0.2) is 84.4 Å². The van der Waals surface area contributed by atoms with Crippen molar-refractivity contribution < 1.29 is 14.3 Å². The van der Waals surface area contributed by atoms with Crippen LogP contribution in [-0.2, 0) is 14.3 Å². The summed E-state index contributed by atoms with van der Waals surface area (Å²) in [7, 11) is 0. The first-order valence-corrected chi connectivity index (χ1v) is 11.4. The number of carbonyl (C=O) groups is 2. The van der Waals surface area contributed by atoms with E-state index in [1.54, 1.807) is 6.92 Å². The summed E-state index contributed by atoms with van der Waals surface area (Å²) >= 11 is 0. The minimum Gasteiger partial charge on any atom is -0.463 e. The fourth-order valence-corrected chi connectivity index (χ4v) is 5.86. The molecule has 3 heterocycles. The monoisotopic (exact) mass is 436 g/mol. The fourth-order valence-electron chi connectivity index (χ4n) is 5.86. The zero-order valence-electron chi connectivity index (χ0n) is 18.6. The van der Waals surface area contributed by atoms with Gasteiger partial charge in [-0.1, -0.05) is 72.8 Å². The maximum Gasteiger partial charge on any atom is 0.338 e. The quantitative estimate of drug-likeness (QED) is 0.551. The van der Waals surface area contributed by atoms with Gasteiger partial charge in [-0.15, -0.1) is 0 Å². The number of anilines is 1. The van der Waals surface area contributed by atoms with Crippen molar-refractivity contribution in [1.82, 2.24) is 4.90 Å². The van der Waals surface area contributed by atoms with E-state index in [1.807, 2.05) is 72.5 Å². The second-order valence-electron chi connectivity index (χ2n) is 8.63. The van der Waals surface area contributed by atoms with Gasteiger partial charge in [-0.2, -0.15) is 0 Å². The highest BCUT2D eigenvalue weighted by Gasteiger charge is 2.57. The Hall–Kier alpha value is -3.86. The van der Waals surface area contributed by atoms with Crippen LogP contribution in [-0.4, -0.2) is 29.5 Å². The topological polar surface area (TPSA) is 49.9 Å². The van der Waals surface area contributed by atoms with Crippen molar-refractivity contribution in [3.8, 4) is 0 Å². The predicted molar refractivity (Wildman–Crippen MR) is 126 cm³/mol. The highest BCUT2D eigenvalue weighted by Crippen LogP contribution is 2.60. The van der Waals surface area contributed by atoms with E-state index in [9.17, 15) is 9.59 Å². The van der Waals surface area contributed by atoms with Crippen LogP contribution >= 0.6 is 0 Å². The highest BCUT2D eigenvalue weighted by atomic mass is 16.5. The number of ether oxygens (including phenoxy) is 1. The summed E-state index contributed by atoms with van der Waals surface area (Å²) in [5.41, 5.74) is 6.61. The Bertz CT molecular complexity index is 1310. The molecule has 2 bridgehead atoms. The summed E-state index contributed by atoms with van der Waals surface area (Å²) in [4.78, 5) is 30.9. The van der Waals surface area contributed by atoms with Gasteiger partial charge in [0.15, 0.2) is 0 Å². The summed E-state index contributed by atoms with van der Waals surface area (Å²) in [5, 5.41) is 0. The molecule has 33 heavy (non-hydrogen) atoms. The van der Waals surface area contributed by atoms with E-state index >= 15 is 0 Å². The third-order valence-electron chi connectivity index (χ3n) is 6.96. The van der Waals surface area contributed by atoms with E-state index < -0.39 is 6.04 Å². The summed E-state index contributed by atoms with van der Waals surface area (Å²) in [6.45, 7) is 3.67. The molecule has 0 radical (unpaired) electrons. The Labute approximate surface area is 192 Å². The number of para-hydroxylation sites is 1. The lowest BCUT2D eigenvalue weighted by Crippen LogP contribution is -2.58. The molecule has 1 amide bonds. The van der Waals surface area contributed by atoms with E-state index in [2.05, 4.69) is 23.1 Å². The molecule has 0 saturated heterocycles. The highest BCUT2D eigenvalue weighted by molar-refractivity contribution is 6.06. The van der Waals surface area contributed by atoms with E-state index in [4.69, 9.17) is 4.74 Å². The van der Waals surface area contributed by atoms with Crippen LogP contribution in [0.25, 0.3) is 5.70 Å². The number of esters is 1. The number of hydrogen-bond donors (Lipinski definition) is 0. The van der Waals surface area contributed by atoms with Crippen LogP contribution in [0, 0.1) is 0 Å². The molecule has 0 saturated carbocycles. The average Bonchev–Trinajstić information content (AvgIpc) is 3.20. The van der Waals surface area contributed by atoms with Crippen molar-refractivity contribution in [2.75, 3.05) is 11.5 Å². The Morgan fingerprint density at radius 3 is 2.18 bits per heavy atom. The Kier molecular flexibility index (Phi) is 4.40. The van der Waals surface area contributed by atoms with Gasteiger partial charge in [-0.05, 0) is 35.2 Å². The normalized spacial score (nSPS) is 22.1. The van der Waals surface area contributed by atoms with Crippen LogP contribution in [0.2, 0.25) is 0 Å². The molecule has 0 unspecified atom stereocenters. The van der Waals surface area contributed by atoms with Gasteiger partial charge in [-0.3, -0.25) is 4.79 Å². The molecular weight excluding hydrogens is 412 g/mol. The molecule has 0 aromatic heterocycles. The van der Waals surface area contributed by atoms with E-state index in [0.717, 1.165) is 33.6 Å². The molecule has 3 aromatic carbocycles. The molecule has 3 aromatic rings. The first-order chi connectivity index (χ1) is 16.1. The Morgan fingerprint density at radius 2 is 1.48 bits per heavy atom. The van der Waals surface area contributed by atoms with Gasteiger partial charge in [0, 0.05) is 12.6 Å². The average molecular weight is 437 g/mol. The van der Waals surface area contributed by atoms with Crippen LogP contribution in [0.3, 0.4) is 0 Å². The predicted octanol–water partition coefficient (Wildman–Crippen LogP) is 4.86. The third kappa shape index (κ3) is 2.65. The number of nitrogens with zero attached hydrogens (tertiary/aromatic N) is 2. The smallest absolute Gasteiger partial charge is 0.338 e. The standard InChI is InChI=1S/C28H24N2O3/c1-3-33-28(32)24-25(18-11-5-4-6-12-18)30-22-16-10-9-15-21(22)23-19-13-7-8-14-20(19)26(24)29(17(2)31)27(23)30/h4-16,23,26-27H,3H2,1-2H3/t23-,26+,27+/m0/s1. The number of benzene rings is 3. The van der Waals surface area contributed by atoms with Gasteiger partial charge < -0.3 is 14.5 Å². The van der Waals surface area contributed by atoms with Crippen molar-refractivity contribution in [2.24, 2.45) is 0 Å². The second-order valence-corrected chi connectivity index (χ2v) is 8.63. The van der Waals surface area contributed by atoms with Gasteiger partial charge >= 0.3 is 5.97 Å². The minimum atomic E-state index is -0.500. The zero-order valence-corrected chi connectivity index (χ0v) is 18.6. The van der Waals surface area contributed by atoms with Crippen molar-refractivity contribution >= 4 is 23.3 Å². The lowest BCUT2D eigenvalue weighted by atomic mass is 9.76. The molecule has 0 aliphatic carbocycles. The van der Waals surface area contributed by atoms with E-state index in [0.29, 0.717) is 5.57 Å². The van der Waals surface area contributed by atoms with Crippen molar-refractivity contribution in [3.05, 3.63) is 107 Å². The lowest BCUT2D eigenvalue weighted by molar-refractivity contribution is -0.141. The van der Waals surface area contributed by atoms with Crippen LogP contribution in [0.4, 0.5) is 5.69 Å². The summed E-state index contributed by atoms with van der Waals surface area (Å²) in [6.07, 6.45) is -0.242. The first-order valence-electron chi connectivity index (χ1n) is 11.4. The number of carbonyl (C=O) groups excluding carboxylic acids is 2. The Balaban J connectivity index is 1.78. The van der Waals surface area contributed by atoms with Gasteiger partial charge in [0.05, 0.1) is 29.8 Å². The van der Waals surface area contributed by atoms with Crippen LogP contribution < -0.4 is 4.90 Å². The largest absolute Gasteiger partial charge is 0.463 e. The molecule has 3 aliphatic heterocycles. The first kappa shape index (κ1) is 19.8. The lowest BCUT2D eigenvalue weighted by Gasteiger charge is -2.52. The number of rotatable bonds is 3. The molecule has 6 rings (SSSR count).